The second-order valence-electron chi connectivity index (χ2n) is 3.90. The molecule has 2 heteroatoms. The van der Waals surface area contributed by atoms with Crippen LogP contribution in [0.25, 0.3) is 10.8 Å². The molecule has 0 aromatic heterocycles. The lowest BCUT2D eigenvalue weighted by molar-refractivity contribution is 0.410. The first-order chi connectivity index (χ1) is 7.38. The lowest BCUT2D eigenvalue weighted by atomic mass is 10.0. The van der Waals surface area contributed by atoms with Gasteiger partial charge in [-0.05, 0) is 22.9 Å². The molecule has 1 aliphatic rings. The molecule has 0 radical (unpaired) electrons. The summed E-state index contributed by atoms with van der Waals surface area (Å²) in [6.07, 6.45) is 0. The number of benzene rings is 2. The quantitative estimate of drug-likeness (QED) is 0.753. The van der Waals surface area contributed by atoms with Crippen molar-refractivity contribution in [2.45, 2.75) is 6.04 Å². The topological polar surface area (TPSA) is 31.2 Å². The highest BCUT2D eigenvalue weighted by atomic mass is 16.5. The molecule has 0 aliphatic carbocycles. The van der Waals surface area contributed by atoms with Crippen molar-refractivity contribution in [1.82, 2.24) is 5.32 Å². The number of methoxy groups -OCH3 is 1. The number of hydrogen-bond donors (Lipinski definition) is 1. The summed E-state index contributed by atoms with van der Waals surface area (Å²) < 4.78 is 5.41. The van der Waals surface area contributed by atoms with Gasteiger partial charge in [0.1, 0.15) is 5.75 Å². The van der Waals surface area contributed by atoms with E-state index >= 15 is 0 Å². The van der Waals surface area contributed by atoms with E-state index < -0.39 is 0 Å². The summed E-state index contributed by atoms with van der Waals surface area (Å²) in [5, 5.41) is 5.82. The summed E-state index contributed by atoms with van der Waals surface area (Å²) in [6.45, 7) is 1.06. The predicted octanol–water partition coefficient (Wildman–Crippen LogP) is 2.49. The first-order valence-corrected chi connectivity index (χ1v) is 5.18. The largest absolute Gasteiger partial charge is 0.496 e. The van der Waals surface area contributed by atoms with Crippen LogP contribution in [-0.2, 0) is 0 Å². The van der Waals surface area contributed by atoms with Gasteiger partial charge in [0, 0.05) is 18.2 Å². The molecular weight excluding hydrogens is 186 g/mol. The molecule has 0 bridgehead atoms. The van der Waals surface area contributed by atoms with E-state index in [2.05, 4.69) is 41.7 Å². The highest BCUT2D eigenvalue weighted by molar-refractivity contribution is 5.85. The SMILES string of the molecule is COc1cc2ccccc2cc1C1CN1. The molecule has 0 amide bonds. The second-order valence-corrected chi connectivity index (χ2v) is 3.90. The average molecular weight is 199 g/mol. The van der Waals surface area contributed by atoms with Gasteiger partial charge in [-0.1, -0.05) is 24.3 Å². The Balaban J connectivity index is 2.24. The van der Waals surface area contributed by atoms with Gasteiger partial charge in [0.25, 0.3) is 0 Å². The molecule has 3 rings (SSSR count). The van der Waals surface area contributed by atoms with Crippen LogP contribution in [0.1, 0.15) is 11.6 Å². The van der Waals surface area contributed by atoms with Crippen molar-refractivity contribution < 1.29 is 4.74 Å². The van der Waals surface area contributed by atoms with Gasteiger partial charge in [-0.3, -0.25) is 0 Å². The monoisotopic (exact) mass is 199 g/mol. The number of hydrogen-bond acceptors (Lipinski definition) is 2. The van der Waals surface area contributed by atoms with Crippen molar-refractivity contribution in [3.8, 4) is 5.75 Å². The molecule has 15 heavy (non-hydrogen) atoms. The molecular formula is C13H13NO. The van der Waals surface area contributed by atoms with E-state index in [4.69, 9.17) is 4.74 Å². The summed E-state index contributed by atoms with van der Waals surface area (Å²) in [5.74, 6) is 0.990. The Morgan fingerprint density at radius 1 is 1.20 bits per heavy atom. The normalized spacial score (nSPS) is 19.1. The maximum Gasteiger partial charge on any atom is 0.124 e. The first-order valence-electron chi connectivity index (χ1n) is 5.18. The Labute approximate surface area is 88.9 Å². The summed E-state index contributed by atoms with van der Waals surface area (Å²) in [7, 11) is 1.73. The molecule has 1 unspecified atom stereocenters. The van der Waals surface area contributed by atoms with Crippen molar-refractivity contribution in [1.29, 1.82) is 0 Å². The van der Waals surface area contributed by atoms with Crippen LogP contribution in [-0.4, -0.2) is 13.7 Å². The zero-order valence-electron chi connectivity index (χ0n) is 8.66. The molecule has 0 saturated carbocycles. The molecule has 2 aromatic carbocycles. The van der Waals surface area contributed by atoms with Crippen LogP contribution in [0.3, 0.4) is 0 Å². The van der Waals surface area contributed by atoms with Crippen LogP contribution in [0.4, 0.5) is 0 Å². The van der Waals surface area contributed by atoms with E-state index in [9.17, 15) is 0 Å². The van der Waals surface area contributed by atoms with Crippen molar-refractivity contribution in [3.63, 3.8) is 0 Å². The second kappa shape index (κ2) is 3.24. The third kappa shape index (κ3) is 1.47. The Kier molecular flexibility index (Phi) is 1.89. The van der Waals surface area contributed by atoms with Crippen molar-refractivity contribution in [2.75, 3.05) is 13.7 Å². The number of ether oxygens (including phenoxy) is 1. The first kappa shape index (κ1) is 8.74. The smallest absolute Gasteiger partial charge is 0.124 e. The lowest BCUT2D eigenvalue weighted by Gasteiger charge is -2.08. The minimum atomic E-state index is 0.490. The van der Waals surface area contributed by atoms with Crippen LogP contribution >= 0.6 is 0 Å². The lowest BCUT2D eigenvalue weighted by Crippen LogP contribution is -1.92. The highest BCUT2D eigenvalue weighted by Crippen LogP contribution is 2.34. The molecule has 2 aromatic rings. The van der Waals surface area contributed by atoms with E-state index in [1.54, 1.807) is 7.11 Å². The Hall–Kier alpha value is -1.54. The van der Waals surface area contributed by atoms with E-state index in [0.29, 0.717) is 6.04 Å². The summed E-state index contributed by atoms with van der Waals surface area (Å²) in [4.78, 5) is 0. The van der Waals surface area contributed by atoms with Crippen LogP contribution in [0.15, 0.2) is 36.4 Å². The standard InChI is InChI=1S/C13H13NO/c1-15-13-7-10-5-3-2-4-9(10)6-11(13)12-8-14-12/h2-7,12,14H,8H2,1H3. The summed E-state index contributed by atoms with van der Waals surface area (Å²) in [6, 6.07) is 13.2. The van der Waals surface area contributed by atoms with Gasteiger partial charge in [-0.15, -0.1) is 0 Å². The van der Waals surface area contributed by atoms with Crippen LogP contribution < -0.4 is 10.1 Å². The summed E-state index contributed by atoms with van der Waals surface area (Å²) in [5.41, 5.74) is 1.27. The molecule has 1 fully saturated rings. The number of nitrogens with one attached hydrogen (secondary N) is 1. The van der Waals surface area contributed by atoms with Crippen LogP contribution in [0.2, 0.25) is 0 Å². The molecule has 0 spiro atoms. The van der Waals surface area contributed by atoms with E-state index in [-0.39, 0.29) is 0 Å². The van der Waals surface area contributed by atoms with Gasteiger partial charge < -0.3 is 10.1 Å². The highest BCUT2D eigenvalue weighted by Gasteiger charge is 2.25. The fourth-order valence-electron chi connectivity index (χ4n) is 1.96. The molecule has 1 atom stereocenters. The van der Waals surface area contributed by atoms with Gasteiger partial charge >= 0.3 is 0 Å². The number of rotatable bonds is 2. The van der Waals surface area contributed by atoms with E-state index in [1.807, 2.05) is 0 Å². The van der Waals surface area contributed by atoms with Crippen LogP contribution in [0.5, 0.6) is 5.75 Å². The Morgan fingerprint density at radius 3 is 2.47 bits per heavy atom. The van der Waals surface area contributed by atoms with Gasteiger partial charge in [-0.25, -0.2) is 0 Å². The third-order valence-corrected chi connectivity index (χ3v) is 2.88. The van der Waals surface area contributed by atoms with Gasteiger partial charge in [0.2, 0.25) is 0 Å². The minimum absolute atomic E-state index is 0.490. The van der Waals surface area contributed by atoms with Gasteiger partial charge in [0.05, 0.1) is 7.11 Å². The Morgan fingerprint density at radius 2 is 1.87 bits per heavy atom. The van der Waals surface area contributed by atoms with Gasteiger partial charge in [-0.2, -0.15) is 0 Å². The van der Waals surface area contributed by atoms with Gasteiger partial charge in [0.15, 0.2) is 0 Å². The van der Waals surface area contributed by atoms with Crippen LogP contribution in [0, 0.1) is 0 Å². The minimum Gasteiger partial charge on any atom is -0.496 e. The number of fused-ring (bicyclic) bond motifs is 1. The zero-order chi connectivity index (χ0) is 10.3. The molecule has 2 nitrogen and oxygen atoms in total. The average Bonchev–Trinajstić information content (AvgIpc) is 3.11. The molecule has 1 N–H and O–H groups in total. The van der Waals surface area contributed by atoms with E-state index in [1.165, 1.54) is 16.3 Å². The fraction of sp³-hybridized carbons (Fsp3) is 0.231. The maximum absolute atomic E-state index is 5.41. The Bertz CT molecular complexity index is 503. The molecule has 1 heterocycles. The fourth-order valence-corrected chi connectivity index (χ4v) is 1.96. The summed E-state index contributed by atoms with van der Waals surface area (Å²) >= 11 is 0. The van der Waals surface area contributed by atoms with Crippen molar-refractivity contribution >= 4 is 10.8 Å². The molecule has 1 aliphatic heterocycles. The van der Waals surface area contributed by atoms with Crippen molar-refractivity contribution in [2.24, 2.45) is 0 Å². The zero-order valence-corrected chi connectivity index (χ0v) is 8.66. The molecule has 76 valence electrons. The van der Waals surface area contributed by atoms with E-state index in [0.717, 1.165) is 12.3 Å². The molecule has 1 saturated heterocycles. The van der Waals surface area contributed by atoms with Crippen molar-refractivity contribution in [3.05, 3.63) is 42.0 Å². The maximum atomic E-state index is 5.41. The third-order valence-electron chi connectivity index (χ3n) is 2.88. The predicted molar refractivity (Wildman–Crippen MR) is 61.2 cm³/mol.